The van der Waals surface area contributed by atoms with Crippen LogP contribution >= 0.6 is 11.3 Å². The van der Waals surface area contributed by atoms with E-state index in [9.17, 15) is 4.79 Å². The average molecular weight is 353 g/mol. The molecule has 0 N–H and O–H groups in total. The van der Waals surface area contributed by atoms with E-state index in [4.69, 9.17) is 4.74 Å². The highest BCUT2D eigenvalue weighted by Gasteiger charge is 2.43. The Hall–Kier alpha value is -1.65. The molecule has 1 saturated heterocycles. The molecule has 25 heavy (non-hydrogen) atoms. The Bertz CT molecular complexity index is 779. The van der Waals surface area contributed by atoms with Gasteiger partial charge in [0.1, 0.15) is 0 Å². The summed E-state index contributed by atoms with van der Waals surface area (Å²) in [6.07, 6.45) is 4.71. The molecular weight excluding hydrogens is 330 g/mol. The number of carbonyl (C=O) groups is 1. The number of hydrogen-bond donors (Lipinski definition) is 0. The molecule has 1 fully saturated rings. The van der Waals surface area contributed by atoms with Crippen LogP contribution in [0.1, 0.15) is 34.4 Å². The van der Waals surface area contributed by atoms with Gasteiger partial charge in [-0.25, -0.2) is 0 Å². The molecule has 0 saturated carbocycles. The maximum Gasteiger partial charge on any atom is 0.226 e. The second-order valence-electron chi connectivity index (χ2n) is 7.55. The normalized spacial score (nSPS) is 22.0. The minimum atomic E-state index is -0.136. The molecule has 0 atom stereocenters. The number of thiophene rings is 1. The number of amides is 1. The van der Waals surface area contributed by atoms with Crippen LogP contribution in [-0.4, -0.2) is 30.5 Å². The summed E-state index contributed by atoms with van der Waals surface area (Å²) in [4.78, 5) is 16.6. The van der Waals surface area contributed by atoms with Crippen LogP contribution in [0.2, 0.25) is 0 Å². The van der Waals surface area contributed by atoms with Gasteiger partial charge >= 0.3 is 0 Å². The van der Waals surface area contributed by atoms with Crippen LogP contribution in [0.5, 0.6) is 0 Å². The fourth-order valence-electron chi connectivity index (χ4n) is 4.85. The van der Waals surface area contributed by atoms with E-state index < -0.39 is 0 Å². The van der Waals surface area contributed by atoms with Gasteiger partial charge in [0.05, 0.1) is 12.2 Å². The number of hydrogen-bond acceptors (Lipinski definition) is 3. The summed E-state index contributed by atoms with van der Waals surface area (Å²) in [6, 6.07) is 10.7. The molecule has 0 unspecified atom stereocenters. The highest BCUT2D eigenvalue weighted by atomic mass is 32.1. The van der Waals surface area contributed by atoms with Gasteiger partial charge in [0.2, 0.25) is 5.91 Å². The maximum atomic E-state index is 13.0. The predicted molar refractivity (Wildman–Crippen MR) is 98.8 cm³/mol. The van der Waals surface area contributed by atoms with Crippen LogP contribution in [0.15, 0.2) is 35.7 Å². The van der Waals surface area contributed by atoms with E-state index in [1.807, 2.05) is 11.3 Å². The van der Waals surface area contributed by atoms with Crippen molar-refractivity contribution in [2.24, 2.45) is 5.92 Å². The number of rotatable bonds is 1. The molecule has 1 amide bonds. The van der Waals surface area contributed by atoms with Gasteiger partial charge in [0, 0.05) is 30.3 Å². The molecule has 1 aromatic carbocycles. The number of ether oxygens (including phenoxy) is 1. The van der Waals surface area contributed by atoms with Crippen LogP contribution in [0.3, 0.4) is 0 Å². The summed E-state index contributed by atoms with van der Waals surface area (Å²) in [5.74, 6) is 0.475. The molecule has 0 bridgehead atoms. The highest BCUT2D eigenvalue weighted by Crippen LogP contribution is 2.43. The Kier molecular flexibility index (Phi) is 3.72. The first kappa shape index (κ1) is 15.6. The molecule has 1 spiro atoms. The first-order chi connectivity index (χ1) is 12.3. The molecule has 0 radical (unpaired) electrons. The Morgan fingerprint density at radius 2 is 1.84 bits per heavy atom. The minimum Gasteiger partial charge on any atom is -0.370 e. The van der Waals surface area contributed by atoms with E-state index in [0.29, 0.717) is 5.91 Å². The molecule has 2 aromatic rings. The highest BCUT2D eigenvalue weighted by molar-refractivity contribution is 7.10. The van der Waals surface area contributed by atoms with Crippen molar-refractivity contribution < 1.29 is 9.53 Å². The summed E-state index contributed by atoms with van der Waals surface area (Å²) in [5.41, 5.74) is 3.97. The Morgan fingerprint density at radius 3 is 2.56 bits per heavy atom. The maximum absolute atomic E-state index is 13.0. The number of fused-ring (bicyclic) bond motifs is 3. The number of nitrogens with zero attached hydrogens (tertiary/aromatic N) is 1. The fraction of sp³-hybridized carbons (Fsp3) is 0.476. The van der Waals surface area contributed by atoms with E-state index in [2.05, 4.69) is 40.6 Å². The lowest BCUT2D eigenvalue weighted by molar-refractivity contribution is -0.144. The van der Waals surface area contributed by atoms with E-state index in [0.717, 1.165) is 51.8 Å². The van der Waals surface area contributed by atoms with Gasteiger partial charge in [0.15, 0.2) is 0 Å². The smallest absolute Gasteiger partial charge is 0.226 e. The molecule has 1 aromatic heterocycles. The predicted octanol–water partition coefficient (Wildman–Crippen LogP) is 3.55. The molecule has 130 valence electrons. The van der Waals surface area contributed by atoms with Crippen molar-refractivity contribution >= 4 is 17.2 Å². The lowest BCUT2D eigenvalue weighted by Gasteiger charge is -2.44. The van der Waals surface area contributed by atoms with Crippen molar-refractivity contribution in [2.45, 2.75) is 37.7 Å². The van der Waals surface area contributed by atoms with Crippen LogP contribution in [-0.2, 0) is 34.4 Å². The van der Waals surface area contributed by atoms with Crippen LogP contribution < -0.4 is 0 Å². The van der Waals surface area contributed by atoms with Crippen molar-refractivity contribution in [1.29, 1.82) is 0 Å². The zero-order valence-corrected chi connectivity index (χ0v) is 15.2. The summed E-state index contributed by atoms with van der Waals surface area (Å²) < 4.78 is 6.26. The zero-order chi connectivity index (χ0) is 16.9. The third kappa shape index (κ3) is 2.54. The van der Waals surface area contributed by atoms with Gasteiger partial charge in [-0.3, -0.25) is 4.79 Å². The average Bonchev–Trinajstić information content (AvgIpc) is 3.29. The first-order valence-corrected chi connectivity index (χ1v) is 10.2. The van der Waals surface area contributed by atoms with Crippen LogP contribution in [0.4, 0.5) is 0 Å². The van der Waals surface area contributed by atoms with Crippen LogP contribution in [0, 0.1) is 5.92 Å². The van der Waals surface area contributed by atoms with E-state index in [1.165, 1.54) is 21.6 Å². The van der Waals surface area contributed by atoms with E-state index >= 15 is 0 Å². The third-order valence-electron chi connectivity index (χ3n) is 6.23. The number of likely N-dealkylation sites (tertiary alicyclic amines) is 1. The fourth-order valence-corrected chi connectivity index (χ4v) is 5.80. The van der Waals surface area contributed by atoms with Gasteiger partial charge in [-0.15, -0.1) is 11.3 Å². The molecule has 5 rings (SSSR count). The number of carbonyl (C=O) groups excluding carboxylic acids is 1. The zero-order valence-electron chi connectivity index (χ0n) is 14.4. The molecule has 3 aliphatic rings. The van der Waals surface area contributed by atoms with Gasteiger partial charge < -0.3 is 9.64 Å². The number of benzene rings is 1. The lowest BCUT2D eigenvalue weighted by Crippen LogP contribution is -2.49. The van der Waals surface area contributed by atoms with E-state index in [-0.39, 0.29) is 11.5 Å². The largest absolute Gasteiger partial charge is 0.370 e. The van der Waals surface area contributed by atoms with E-state index in [1.54, 1.807) is 0 Å². The van der Waals surface area contributed by atoms with Gasteiger partial charge in [-0.1, -0.05) is 24.3 Å². The Labute approximate surface area is 152 Å². The third-order valence-corrected chi connectivity index (χ3v) is 7.21. The lowest BCUT2D eigenvalue weighted by atomic mass is 9.82. The van der Waals surface area contributed by atoms with Crippen molar-refractivity contribution in [3.63, 3.8) is 0 Å². The second-order valence-corrected chi connectivity index (χ2v) is 8.55. The molecule has 2 aliphatic heterocycles. The standard InChI is InChI=1S/C21H23NO2S/c23-20(17-13-15-3-1-2-4-16(15)14-17)22-9-7-21(8-10-22)18-6-12-25-19(18)5-11-24-21/h1-4,6,12,17H,5,7-11,13-14H2. The van der Waals surface area contributed by atoms with Crippen molar-refractivity contribution in [3.05, 3.63) is 57.3 Å². The molecular formula is C21H23NO2S. The molecule has 3 heterocycles. The van der Waals surface area contributed by atoms with Gasteiger partial charge in [-0.05, 0) is 53.8 Å². The monoisotopic (exact) mass is 353 g/mol. The summed E-state index contributed by atoms with van der Waals surface area (Å²) in [7, 11) is 0. The van der Waals surface area contributed by atoms with Gasteiger partial charge in [0.25, 0.3) is 0 Å². The minimum absolute atomic E-state index is 0.135. The summed E-state index contributed by atoms with van der Waals surface area (Å²) in [6.45, 7) is 2.46. The summed E-state index contributed by atoms with van der Waals surface area (Å²) >= 11 is 1.85. The Balaban J connectivity index is 1.28. The SMILES string of the molecule is O=C(C1Cc2ccccc2C1)N1CCC2(CC1)OCCc1sccc12. The topological polar surface area (TPSA) is 29.5 Å². The number of piperidine rings is 1. The van der Waals surface area contributed by atoms with Gasteiger partial charge in [-0.2, -0.15) is 0 Å². The quantitative estimate of drug-likeness (QED) is 0.785. The van der Waals surface area contributed by atoms with Crippen molar-refractivity contribution in [1.82, 2.24) is 4.90 Å². The Morgan fingerprint density at radius 1 is 1.12 bits per heavy atom. The van der Waals surface area contributed by atoms with Crippen molar-refractivity contribution in [2.75, 3.05) is 19.7 Å². The molecule has 4 heteroatoms. The molecule has 1 aliphatic carbocycles. The molecule has 3 nitrogen and oxygen atoms in total. The van der Waals surface area contributed by atoms with Crippen LogP contribution in [0.25, 0.3) is 0 Å². The first-order valence-electron chi connectivity index (χ1n) is 9.32. The van der Waals surface area contributed by atoms with Crippen molar-refractivity contribution in [3.8, 4) is 0 Å². The second kappa shape index (κ2) is 5.96. The summed E-state index contributed by atoms with van der Waals surface area (Å²) in [5, 5.41) is 2.19.